The minimum atomic E-state index is 0. The molecule has 0 fully saturated rings. The van der Waals surface area contributed by atoms with Crippen LogP contribution in [0.2, 0.25) is 0 Å². The summed E-state index contributed by atoms with van der Waals surface area (Å²) in [5.41, 5.74) is 1.63. The maximum absolute atomic E-state index is 5.44. The Morgan fingerprint density at radius 1 is 0.630 bits per heavy atom. The summed E-state index contributed by atoms with van der Waals surface area (Å²) in [6.45, 7) is 0. The molecule has 0 aliphatic heterocycles. The van der Waals surface area contributed by atoms with E-state index in [0.29, 0.717) is 28.9 Å². The summed E-state index contributed by atoms with van der Waals surface area (Å²) in [5.74, 6) is 3.07. The molecule has 1 heterocycles. The number of benzene rings is 2. The van der Waals surface area contributed by atoms with Crippen LogP contribution in [0.5, 0.6) is 28.9 Å². The summed E-state index contributed by atoms with van der Waals surface area (Å²) in [7, 11) is 8.02. The number of ether oxygens (including phenoxy) is 5. The van der Waals surface area contributed by atoms with Gasteiger partial charge in [-0.2, -0.15) is 0 Å². The summed E-state index contributed by atoms with van der Waals surface area (Å²) in [6, 6.07) is 11.3. The monoisotopic (exact) mass is 391 g/mol. The van der Waals surface area contributed by atoms with Crippen molar-refractivity contribution in [3.63, 3.8) is 0 Å². The first-order valence-corrected chi connectivity index (χ1v) is 7.98. The molecular weight excluding hydrogens is 370 g/mol. The fourth-order valence-corrected chi connectivity index (χ4v) is 2.86. The molecule has 27 heavy (non-hydrogen) atoms. The molecule has 0 saturated carbocycles. The first-order chi connectivity index (χ1) is 12.6. The summed E-state index contributed by atoms with van der Waals surface area (Å²) in [6.07, 6.45) is 0. The van der Waals surface area contributed by atoms with E-state index in [4.69, 9.17) is 23.7 Å². The number of methoxy groups -OCH3 is 5. The van der Waals surface area contributed by atoms with Gasteiger partial charge in [-0.05, 0) is 35.7 Å². The molecule has 0 N–H and O–H groups in total. The van der Waals surface area contributed by atoms with Gasteiger partial charge in [-0.25, -0.2) is 4.98 Å². The molecule has 1 aromatic heterocycles. The Bertz CT molecular complexity index is 945. The van der Waals surface area contributed by atoms with Gasteiger partial charge in [-0.15, -0.1) is 12.4 Å². The molecule has 2 aromatic carbocycles. The molecule has 7 heteroatoms. The predicted octanol–water partition coefficient (Wildman–Crippen LogP) is 4.37. The smallest absolute Gasteiger partial charge is 0.214 e. The number of pyridine rings is 1. The molecule has 0 bridgehead atoms. The molecule has 0 spiro atoms. The fourth-order valence-electron chi connectivity index (χ4n) is 2.86. The van der Waals surface area contributed by atoms with Crippen molar-refractivity contribution in [3.05, 3.63) is 36.4 Å². The molecule has 0 saturated heterocycles. The molecule has 0 aliphatic rings. The van der Waals surface area contributed by atoms with Gasteiger partial charge in [0.25, 0.3) is 0 Å². The number of nitrogens with zero attached hydrogens (tertiary/aromatic N) is 1. The minimum absolute atomic E-state index is 0. The summed E-state index contributed by atoms with van der Waals surface area (Å²) >= 11 is 0. The molecule has 0 atom stereocenters. The van der Waals surface area contributed by atoms with E-state index in [1.165, 1.54) is 0 Å². The second-order valence-electron chi connectivity index (χ2n) is 5.51. The van der Waals surface area contributed by atoms with Crippen LogP contribution in [0.15, 0.2) is 36.4 Å². The van der Waals surface area contributed by atoms with E-state index >= 15 is 0 Å². The highest BCUT2D eigenvalue weighted by Gasteiger charge is 2.15. The van der Waals surface area contributed by atoms with E-state index in [2.05, 4.69) is 4.98 Å². The van der Waals surface area contributed by atoms with Crippen molar-refractivity contribution in [3.8, 4) is 40.1 Å². The predicted molar refractivity (Wildman–Crippen MR) is 107 cm³/mol. The largest absolute Gasteiger partial charge is 0.493 e. The zero-order valence-electron chi connectivity index (χ0n) is 15.9. The number of hydrogen-bond donors (Lipinski definition) is 0. The van der Waals surface area contributed by atoms with Crippen molar-refractivity contribution >= 4 is 23.2 Å². The van der Waals surface area contributed by atoms with Crippen LogP contribution in [0.1, 0.15) is 0 Å². The van der Waals surface area contributed by atoms with E-state index in [9.17, 15) is 0 Å². The first-order valence-electron chi connectivity index (χ1n) is 7.98. The highest BCUT2D eigenvalue weighted by Crippen LogP contribution is 2.39. The second-order valence-corrected chi connectivity index (χ2v) is 5.51. The third-order valence-electron chi connectivity index (χ3n) is 4.18. The normalized spacial score (nSPS) is 10.1. The van der Waals surface area contributed by atoms with Crippen molar-refractivity contribution in [2.45, 2.75) is 0 Å². The van der Waals surface area contributed by atoms with Gasteiger partial charge in [0.15, 0.2) is 23.0 Å². The van der Waals surface area contributed by atoms with Crippen LogP contribution in [0.3, 0.4) is 0 Å². The van der Waals surface area contributed by atoms with Gasteiger partial charge >= 0.3 is 0 Å². The lowest BCUT2D eigenvalue weighted by Gasteiger charge is -2.14. The average Bonchev–Trinajstić information content (AvgIpc) is 2.71. The van der Waals surface area contributed by atoms with Crippen molar-refractivity contribution in [1.29, 1.82) is 0 Å². The number of halogens is 1. The molecule has 6 nitrogen and oxygen atoms in total. The molecule has 0 unspecified atom stereocenters. The molecule has 144 valence electrons. The highest BCUT2D eigenvalue weighted by molar-refractivity contribution is 5.97. The Balaban J connectivity index is 0.00000261. The van der Waals surface area contributed by atoms with Crippen LogP contribution in [-0.2, 0) is 0 Å². The molecule has 0 amide bonds. The summed E-state index contributed by atoms with van der Waals surface area (Å²) in [5, 5.41) is 1.84. The van der Waals surface area contributed by atoms with Crippen LogP contribution >= 0.6 is 12.4 Å². The van der Waals surface area contributed by atoms with Crippen molar-refractivity contribution in [2.24, 2.45) is 0 Å². The van der Waals surface area contributed by atoms with E-state index in [0.717, 1.165) is 22.0 Å². The third-order valence-corrected chi connectivity index (χ3v) is 4.18. The summed E-state index contributed by atoms with van der Waals surface area (Å²) < 4.78 is 27.0. The molecule has 3 rings (SSSR count). The van der Waals surface area contributed by atoms with Gasteiger partial charge in [0.05, 0.1) is 41.2 Å². The number of fused-ring (bicyclic) bond motifs is 1. The Morgan fingerprint density at radius 3 is 1.81 bits per heavy atom. The maximum Gasteiger partial charge on any atom is 0.214 e. The Hall–Kier alpha value is -2.86. The third kappa shape index (κ3) is 3.80. The van der Waals surface area contributed by atoms with Gasteiger partial charge < -0.3 is 23.7 Å². The van der Waals surface area contributed by atoms with Gasteiger partial charge in [0, 0.05) is 17.0 Å². The zero-order valence-corrected chi connectivity index (χ0v) is 16.7. The van der Waals surface area contributed by atoms with Crippen LogP contribution in [0.25, 0.3) is 22.0 Å². The quantitative estimate of drug-likeness (QED) is 0.622. The van der Waals surface area contributed by atoms with E-state index in [1.54, 1.807) is 35.5 Å². The highest BCUT2D eigenvalue weighted by atomic mass is 35.5. The minimum Gasteiger partial charge on any atom is -0.493 e. The number of aromatic nitrogens is 1. The SMILES string of the molecule is COc1cc2cc(OC)c(OC)cc2c(-c2ccc(OC)c(OC)c2)n1.Cl. The molecule has 0 aliphatic carbocycles. The Labute approximate surface area is 164 Å². The topological polar surface area (TPSA) is 59.0 Å². The summed E-state index contributed by atoms with van der Waals surface area (Å²) in [4.78, 5) is 4.64. The number of hydrogen-bond acceptors (Lipinski definition) is 6. The van der Waals surface area contributed by atoms with E-state index in [-0.39, 0.29) is 12.4 Å². The van der Waals surface area contributed by atoms with Gasteiger partial charge in [-0.1, -0.05) is 0 Å². The second kappa shape index (κ2) is 8.68. The van der Waals surface area contributed by atoms with Crippen molar-refractivity contribution < 1.29 is 23.7 Å². The van der Waals surface area contributed by atoms with Crippen LogP contribution < -0.4 is 23.7 Å². The standard InChI is InChI=1S/C20H21NO5.ClH/c1-22-15-7-6-12(8-16(15)23-2)20-14-11-18(25-4)17(24-3)9-13(14)10-19(21-20)26-5;/h6-11H,1-5H3;1H. The van der Waals surface area contributed by atoms with Crippen LogP contribution in [0, 0.1) is 0 Å². The zero-order chi connectivity index (χ0) is 18.7. The average molecular weight is 392 g/mol. The van der Waals surface area contributed by atoms with Crippen molar-refractivity contribution in [1.82, 2.24) is 4.98 Å². The molecular formula is C20H22ClNO5. The lowest BCUT2D eigenvalue weighted by atomic mass is 10.0. The van der Waals surface area contributed by atoms with E-state index < -0.39 is 0 Å². The van der Waals surface area contributed by atoms with E-state index in [1.807, 2.05) is 36.4 Å². The number of rotatable bonds is 6. The molecule has 3 aromatic rings. The Morgan fingerprint density at radius 2 is 1.22 bits per heavy atom. The van der Waals surface area contributed by atoms with Gasteiger partial charge in [-0.3, -0.25) is 0 Å². The molecule has 0 radical (unpaired) electrons. The van der Waals surface area contributed by atoms with Gasteiger partial charge in [0.2, 0.25) is 5.88 Å². The lowest BCUT2D eigenvalue weighted by molar-refractivity contribution is 0.355. The fraction of sp³-hybridized carbons (Fsp3) is 0.250. The van der Waals surface area contributed by atoms with Crippen molar-refractivity contribution in [2.75, 3.05) is 35.5 Å². The maximum atomic E-state index is 5.44. The Kier molecular flexibility index (Phi) is 6.58. The van der Waals surface area contributed by atoms with Crippen LogP contribution in [0.4, 0.5) is 0 Å². The first kappa shape index (κ1) is 20.5. The van der Waals surface area contributed by atoms with Crippen LogP contribution in [-0.4, -0.2) is 40.5 Å². The lowest BCUT2D eigenvalue weighted by Crippen LogP contribution is -1.96. The van der Waals surface area contributed by atoms with Gasteiger partial charge in [0.1, 0.15) is 0 Å².